The third-order valence-corrected chi connectivity index (χ3v) is 4.26. The molecule has 0 spiro atoms. The lowest BCUT2D eigenvalue weighted by Crippen LogP contribution is -3.14. The van der Waals surface area contributed by atoms with E-state index in [2.05, 4.69) is 0 Å². The Morgan fingerprint density at radius 3 is 2.65 bits per heavy atom. The van der Waals surface area contributed by atoms with E-state index < -0.39 is 0 Å². The second-order valence-corrected chi connectivity index (χ2v) is 5.92. The zero-order valence-corrected chi connectivity index (χ0v) is 12.5. The number of carbonyl (C=O) groups excluding carboxylic acids is 2. The molecule has 5 heteroatoms. The Labute approximate surface area is 121 Å². The lowest BCUT2D eigenvalue weighted by atomic mass is 10.1. The van der Waals surface area contributed by atoms with E-state index in [-0.39, 0.29) is 18.0 Å². The van der Waals surface area contributed by atoms with Gasteiger partial charge in [0.2, 0.25) is 5.91 Å². The normalized spacial score (nSPS) is 22.1. The molecular formula is C15H27N2O3+. The molecule has 2 rings (SSSR count). The van der Waals surface area contributed by atoms with Gasteiger partial charge in [0, 0.05) is 19.4 Å². The number of quaternary nitrogens is 1. The van der Waals surface area contributed by atoms with E-state index >= 15 is 0 Å². The summed E-state index contributed by atoms with van der Waals surface area (Å²) in [5.41, 5.74) is 0. The fourth-order valence-corrected chi connectivity index (χ4v) is 3.13. The number of hydrogen-bond donors (Lipinski definition) is 1. The number of nitrogens with one attached hydrogen (secondary N) is 1. The molecule has 2 aliphatic heterocycles. The maximum Gasteiger partial charge on any atom is 0.306 e. The summed E-state index contributed by atoms with van der Waals surface area (Å²) in [4.78, 5) is 26.7. The van der Waals surface area contributed by atoms with Crippen molar-refractivity contribution in [3.05, 3.63) is 0 Å². The fourth-order valence-electron chi connectivity index (χ4n) is 3.13. The molecule has 20 heavy (non-hydrogen) atoms. The number of piperidine rings is 1. The highest BCUT2D eigenvalue weighted by Gasteiger charge is 2.28. The minimum absolute atomic E-state index is 0.141. The van der Waals surface area contributed by atoms with Crippen molar-refractivity contribution in [1.29, 1.82) is 0 Å². The molecule has 2 heterocycles. The third-order valence-electron chi connectivity index (χ3n) is 4.26. The molecule has 0 aromatic carbocycles. The van der Waals surface area contributed by atoms with E-state index in [4.69, 9.17) is 4.74 Å². The average Bonchev–Trinajstić information content (AvgIpc) is 2.85. The number of esters is 1. The third kappa shape index (κ3) is 4.47. The van der Waals surface area contributed by atoms with E-state index in [9.17, 15) is 9.59 Å². The molecule has 0 radical (unpaired) electrons. The van der Waals surface area contributed by atoms with Crippen LogP contribution in [0.25, 0.3) is 0 Å². The minimum Gasteiger partial charge on any atom is -0.454 e. The first-order chi connectivity index (χ1) is 9.69. The van der Waals surface area contributed by atoms with E-state index in [0.29, 0.717) is 19.4 Å². The highest BCUT2D eigenvalue weighted by molar-refractivity contribution is 5.78. The summed E-state index contributed by atoms with van der Waals surface area (Å²) in [6.07, 6.45) is 5.67. The highest BCUT2D eigenvalue weighted by atomic mass is 16.5. The molecule has 1 amide bonds. The average molecular weight is 283 g/mol. The Morgan fingerprint density at radius 1 is 1.30 bits per heavy atom. The molecular weight excluding hydrogens is 256 g/mol. The number of nitrogens with zero attached hydrogens (tertiary/aromatic N) is 1. The van der Waals surface area contributed by atoms with Crippen molar-refractivity contribution < 1.29 is 19.2 Å². The molecule has 0 bridgehead atoms. The van der Waals surface area contributed by atoms with Crippen LogP contribution in [0.4, 0.5) is 0 Å². The van der Waals surface area contributed by atoms with Gasteiger partial charge < -0.3 is 14.5 Å². The number of rotatable bonds is 6. The second-order valence-electron chi connectivity index (χ2n) is 5.92. The summed E-state index contributed by atoms with van der Waals surface area (Å²) >= 11 is 0. The van der Waals surface area contributed by atoms with Gasteiger partial charge in [0.05, 0.1) is 19.6 Å². The van der Waals surface area contributed by atoms with Gasteiger partial charge in [0.25, 0.3) is 0 Å². The maximum atomic E-state index is 11.7. The van der Waals surface area contributed by atoms with Crippen molar-refractivity contribution in [3.8, 4) is 0 Å². The first-order valence-electron chi connectivity index (χ1n) is 8.00. The Kier molecular flexibility index (Phi) is 5.83. The topological polar surface area (TPSA) is 51.0 Å². The number of amides is 1. The smallest absolute Gasteiger partial charge is 0.306 e. The zero-order valence-electron chi connectivity index (χ0n) is 12.5. The Balaban J connectivity index is 1.88. The Morgan fingerprint density at radius 2 is 2.05 bits per heavy atom. The van der Waals surface area contributed by atoms with Crippen LogP contribution in [-0.4, -0.2) is 55.6 Å². The molecule has 0 saturated carbocycles. The van der Waals surface area contributed by atoms with Gasteiger partial charge in [0.15, 0.2) is 6.10 Å². The van der Waals surface area contributed by atoms with E-state index in [1.165, 1.54) is 24.2 Å². The van der Waals surface area contributed by atoms with Gasteiger partial charge in [-0.25, -0.2) is 0 Å². The summed E-state index contributed by atoms with van der Waals surface area (Å²) in [5, 5.41) is 0. The van der Waals surface area contributed by atoms with Crippen molar-refractivity contribution in [1.82, 2.24) is 4.90 Å². The van der Waals surface area contributed by atoms with Crippen molar-refractivity contribution >= 4 is 11.9 Å². The van der Waals surface area contributed by atoms with E-state index in [1.54, 1.807) is 0 Å². The van der Waals surface area contributed by atoms with Crippen LogP contribution in [0.1, 0.15) is 45.4 Å². The number of likely N-dealkylation sites (tertiary alicyclic amines) is 2. The van der Waals surface area contributed by atoms with Crippen LogP contribution < -0.4 is 4.90 Å². The van der Waals surface area contributed by atoms with Crippen LogP contribution in [0.2, 0.25) is 0 Å². The predicted octanol–water partition coefficient (Wildman–Crippen LogP) is -0.000600. The molecule has 114 valence electrons. The SMILES string of the molecule is CCC(=O)OC(CN1CCCC1=O)C[NH+]1CCCCC1. The molecule has 1 N–H and O–H groups in total. The molecule has 2 saturated heterocycles. The summed E-state index contributed by atoms with van der Waals surface area (Å²) < 4.78 is 5.56. The second kappa shape index (κ2) is 7.62. The summed E-state index contributed by atoms with van der Waals surface area (Å²) in [5.74, 6) is 0.0502. The Bertz CT molecular complexity index is 340. The van der Waals surface area contributed by atoms with Gasteiger partial charge >= 0.3 is 5.97 Å². The summed E-state index contributed by atoms with van der Waals surface area (Å²) in [6.45, 7) is 6.37. The highest BCUT2D eigenvalue weighted by Crippen LogP contribution is 2.11. The first-order valence-corrected chi connectivity index (χ1v) is 8.00. The molecule has 2 aliphatic rings. The van der Waals surface area contributed by atoms with Crippen molar-refractivity contribution in [2.75, 3.05) is 32.7 Å². The van der Waals surface area contributed by atoms with Crippen LogP contribution in [0.15, 0.2) is 0 Å². The molecule has 2 fully saturated rings. The van der Waals surface area contributed by atoms with Gasteiger partial charge in [-0.05, 0) is 25.7 Å². The van der Waals surface area contributed by atoms with Crippen LogP contribution in [0, 0.1) is 0 Å². The van der Waals surface area contributed by atoms with E-state index in [1.807, 2.05) is 11.8 Å². The van der Waals surface area contributed by atoms with Gasteiger partial charge in [0.1, 0.15) is 6.54 Å². The quantitative estimate of drug-likeness (QED) is 0.698. The van der Waals surface area contributed by atoms with Gasteiger partial charge in [-0.15, -0.1) is 0 Å². The first kappa shape index (κ1) is 15.3. The van der Waals surface area contributed by atoms with Crippen LogP contribution >= 0.6 is 0 Å². The van der Waals surface area contributed by atoms with Gasteiger partial charge in [-0.3, -0.25) is 9.59 Å². The van der Waals surface area contributed by atoms with Gasteiger partial charge in [-0.1, -0.05) is 6.92 Å². The molecule has 1 unspecified atom stereocenters. The lowest BCUT2D eigenvalue weighted by molar-refractivity contribution is -0.907. The van der Waals surface area contributed by atoms with Crippen LogP contribution in [0.3, 0.4) is 0 Å². The van der Waals surface area contributed by atoms with E-state index in [0.717, 1.165) is 32.6 Å². The zero-order chi connectivity index (χ0) is 14.4. The molecule has 0 aromatic rings. The molecule has 0 aromatic heterocycles. The summed E-state index contributed by atoms with van der Waals surface area (Å²) in [6, 6.07) is 0. The fraction of sp³-hybridized carbons (Fsp3) is 0.867. The largest absolute Gasteiger partial charge is 0.454 e. The standard InChI is InChI=1S/C15H26N2O3/c1-2-15(19)20-13(11-16-8-4-3-5-9-16)12-17-10-6-7-14(17)18/h13H,2-12H2,1H3/p+1. The molecule has 5 nitrogen and oxygen atoms in total. The minimum atomic E-state index is -0.155. The van der Waals surface area contributed by atoms with Crippen LogP contribution in [0.5, 0.6) is 0 Å². The monoisotopic (exact) mass is 283 g/mol. The number of carbonyl (C=O) groups is 2. The van der Waals surface area contributed by atoms with Gasteiger partial charge in [-0.2, -0.15) is 0 Å². The number of hydrogen-bond acceptors (Lipinski definition) is 3. The predicted molar refractivity (Wildman–Crippen MR) is 75.4 cm³/mol. The lowest BCUT2D eigenvalue weighted by Gasteiger charge is -2.29. The van der Waals surface area contributed by atoms with Crippen molar-refractivity contribution in [2.45, 2.75) is 51.6 Å². The maximum absolute atomic E-state index is 11.7. The summed E-state index contributed by atoms with van der Waals surface area (Å²) in [7, 11) is 0. The van der Waals surface area contributed by atoms with Crippen LogP contribution in [-0.2, 0) is 14.3 Å². The number of ether oxygens (including phenoxy) is 1. The van der Waals surface area contributed by atoms with Crippen molar-refractivity contribution in [3.63, 3.8) is 0 Å². The van der Waals surface area contributed by atoms with Crippen molar-refractivity contribution in [2.24, 2.45) is 0 Å². The molecule has 1 atom stereocenters. The molecule has 0 aliphatic carbocycles. The Hall–Kier alpha value is -1.10.